The van der Waals surface area contributed by atoms with Gasteiger partial charge >= 0.3 is 0 Å². The number of primary sulfonamides is 1. The first-order valence-corrected chi connectivity index (χ1v) is 12.4. The number of halogens is 1. The number of aryl methyl sites for hydroxylation is 1. The van der Waals surface area contributed by atoms with E-state index < -0.39 is 33.5 Å². The number of aliphatic hydroxyl groups is 1. The lowest BCUT2D eigenvalue weighted by atomic mass is 9.99. The van der Waals surface area contributed by atoms with Crippen LogP contribution in [0.4, 0.5) is 5.69 Å². The number of hydrogen-bond donors (Lipinski definition) is 2. The Morgan fingerprint density at radius 1 is 1.14 bits per heavy atom. The van der Waals surface area contributed by atoms with Crippen LogP contribution >= 0.6 is 11.6 Å². The molecule has 1 atom stereocenters. The van der Waals surface area contributed by atoms with E-state index in [0.29, 0.717) is 23.1 Å². The summed E-state index contributed by atoms with van der Waals surface area (Å²) in [5.74, 6) is -1.24. The van der Waals surface area contributed by atoms with Gasteiger partial charge in [0.2, 0.25) is 10.0 Å². The molecule has 2 heterocycles. The van der Waals surface area contributed by atoms with Crippen LogP contribution in [0.2, 0.25) is 5.02 Å². The molecular formula is C24H21ClN2O7S. The van der Waals surface area contributed by atoms with E-state index in [4.69, 9.17) is 25.9 Å². The average molecular weight is 517 g/mol. The summed E-state index contributed by atoms with van der Waals surface area (Å²) in [6, 6.07) is 11.8. The lowest BCUT2D eigenvalue weighted by Crippen LogP contribution is -2.29. The van der Waals surface area contributed by atoms with Crippen LogP contribution < -0.4 is 14.8 Å². The zero-order chi connectivity index (χ0) is 25.5. The van der Waals surface area contributed by atoms with Gasteiger partial charge in [-0.3, -0.25) is 14.5 Å². The Balaban J connectivity index is 1.90. The van der Waals surface area contributed by atoms with Crippen molar-refractivity contribution in [3.8, 4) is 5.75 Å². The van der Waals surface area contributed by atoms with Crippen LogP contribution in [-0.2, 0) is 19.6 Å². The summed E-state index contributed by atoms with van der Waals surface area (Å²) in [7, 11) is -3.96. The van der Waals surface area contributed by atoms with Gasteiger partial charge in [0.1, 0.15) is 29.1 Å². The Labute approximate surface area is 206 Å². The number of furan rings is 1. The van der Waals surface area contributed by atoms with Gasteiger partial charge in [0.25, 0.3) is 11.7 Å². The van der Waals surface area contributed by atoms with Gasteiger partial charge in [-0.2, -0.15) is 0 Å². The second-order valence-electron chi connectivity index (χ2n) is 7.73. The smallest absolute Gasteiger partial charge is 0.300 e. The van der Waals surface area contributed by atoms with Gasteiger partial charge in [0, 0.05) is 11.3 Å². The Morgan fingerprint density at radius 3 is 2.40 bits per heavy atom. The zero-order valence-corrected chi connectivity index (χ0v) is 20.3. The fourth-order valence-corrected chi connectivity index (χ4v) is 4.52. The molecule has 2 aromatic carbocycles. The molecule has 0 aliphatic carbocycles. The molecule has 0 spiro atoms. The number of ketones is 1. The number of carbonyl (C=O) groups is 2. The van der Waals surface area contributed by atoms with Crippen LogP contribution in [0.25, 0.3) is 5.76 Å². The highest BCUT2D eigenvalue weighted by molar-refractivity contribution is 7.89. The number of carbonyl (C=O) groups excluding carboxylic acids is 2. The highest BCUT2D eigenvalue weighted by Gasteiger charge is 2.48. The molecule has 182 valence electrons. The normalized spacial score (nSPS) is 17.7. The van der Waals surface area contributed by atoms with E-state index in [1.54, 1.807) is 26.0 Å². The van der Waals surface area contributed by atoms with Crippen LogP contribution in [0.5, 0.6) is 5.75 Å². The monoisotopic (exact) mass is 516 g/mol. The van der Waals surface area contributed by atoms with Crippen molar-refractivity contribution >= 4 is 44.8 Å². The van der Waals surface area contributed by atoms with E-state index in [-0.39, 0.29) is 27.5 Å². The van der Waals surface area contributed by atoms with Crippen molar-refractivity contribution in [1.82, 2.24) is 0 Å². The van der Waals surface area contributed by atoms with Gasteiger partial charge < -0.3 is 14.3 Å². The molecule has 9 nitrogen and oxygen atoms in total. The maximum absolute atomic E-state index is 13.2. The molecule has 3 aromatic rings. The summed E-state index contributed by atoms with van der Waals surface area (Å²) in [5.41, 5.74) is 0.224. The van der Waals surface area contributed by atoms with E-state index in [1.807, 2.05) is 0 Å². The molecule has 0 radical (unpaired) electrons. The Morgan fingerprint density at radius 2 is 1.83 bits per heavy atom. The zero-order valence-electron chi connectivity index (χ0n) is 18.7. The maximum atomic E-state index is 13.2. The highest BCUT2D eigenvalue weighted by atomic mass is 35.5. The van der Waals surface area contributed by atoms with E-state index in [2.05, 4.69) is 0 Å². The second kappa shape index (κ2) is 9.21. The standard InChI is InChI=1S/C24H21ClN2O7S/c1-3-33-19-12-14(5-10-17(19)25)22(28)20-21(18-11-4-13(2)34-18)27(24(30)23(20)29)15-6-8-16(9-7-15)35(26,31)32/h4-12,21,28H,3H2,1-2H3,(H2,26,31,32)/b22-20-. The lowest BCUT2D eigenvalue weighted by Gasteiger charge is -2.23. The number of benzene rings is 2. The molecule has 3 N–H and O–H groups in total. The first-order valence-electron chi connectivity index (χ1n) is 10.5. The van der Waals surface area contributed by atoms with Crippen LogP contribution in [0.15, 0.2) is 69.5 Å². The second-order valence-corrected chi connectivity index (χ2v) is 9.70. The van der Waals surface area contributed by atoms with Crippen LogP contribution in [0.1, 0.15) is 30.0 Å². The molecule has 1 aliphatic rings. The minimum Gasteiger partial charge on any atom is -0.507 e. The Hall–Kier alpha value is -3.60. The van der Waals surface area contributed by atoms with Crippen molar-refractivity contribution in [2.75, 3.05) is 11.5 Å². The SMILES string of the molecule is CCOc1cc(/C(O)=C2/C(=O)C(=O)N(c3ccc(S(N)(=O)=O)cc3)C2c2ccc(C)o2)ccc1Cl. The van der Waals surface area contributed by atoms with E-state index in [1.165, 1.54) is 42.5 Å². The van der Waals surface area contributed by atoms with Gasteiger partial charge in [0.05, 0.1) is 22.1 Å². The predicted molar refractivity (Wildman–Crippen MR) is 129 cm³/mol. The predicted octanol–water partition coefficient (Wildman–Crippen LogP) is 3.91. The summed E-state index contributed by atoms with van der Waals surface area (Å²) in [6.45, 7) is 3.80. The topological polar surface area (TPSA) is 140 Å². The Bertz CT molecular complexity index is 1460. The number of Topliss-reactive ketones (excluding diaryl/α,β-unsaturated/α-hetero) is 1. The summed E-state index contributed by atoms with van der Waals surface area (Å²) in [5, 5.41) is 16.7. The van der Waals surface area contributed by atoms with Gasteiger partial charge in [-0.25, -0.2) is 13.6 Å². The molecule has 1 fully saturated rings. The third-order valence-corrected chi connectivity index (χ3v) is 6.66. The number of aliphatic hydroxyl groups excluding tert-OH is 1. The molecule has 1 saturated heterocycles. The minimum atomic E-state index is -3.96. The molecular weight excluding hydrogens is 496 g/mol. The van der Waals surface area contributed by atoms with Crippen molar-refractivity contribution in [3.05, 3.63) is 82.3 Å². The van der Waals surface area contributed by atoms with Crippen molar-refractivity contribution in [2.24, 2.45) is 5.14 Å². The number of amides is 1. The molecule has 35 heavy (non-hydrogen) atoms. The Kier molecular flexibility index (Phi) is 6.46. The maximum Gasteiger partial charge on any atom is 0.300 e. The van der Waals surface area contributed by atoms with E-state index in [9.17, 15) is 23.1 Å². The van der Waals surface area contributed by atoms with Crippen LogP contribution in [-0.4, -0.2) is 31.8 Å². The molecule has 1 aromatic heterocycles. The van der Waals surface area contributed by atoms with Gasteiger partial charge in [0.15, 0.2) is 0 Å². The molecule has 1 amide bonds. The average Bonchev–Trinajstić information content (AvgIpc) is 3.35. The van der Waals surface area contributed by atoms with Crippen LogP contribution in [0, 0.1) is 6.92 Å². The minimum absolute atomic E-state index is 0.159. The number of sulfonamides is 1. The van der Waals surface area contributed by atoms with Crippen molar-refractivity contribution in [2.45, 2.75) is 24.8 Å². The molecule has 1 aliphatic heterocycles. The lowest BCUT2D eigenvalue weighted by molar-refractivity contribution is -0.132. The fourth-order valence-electron chi connectivity index (χ4n) is 3.84. The number of anilines is 1. The number of nitrogens with zero attached hydrogens (tertiary/aromatic N) is 1. The van der Waals surface area contributed by atoms with Crippen molar-refractivity contribution in [1.29, 1.82) is 0 Å². The molecule has 1 unspecified atom stereocenters. The number of ether oxygens (including phenoxy) is 1. The molecule has 11 heteroatoms. The first kappa shape index (κ1) is 24.5. The number of rotatable bonds is 6. The molecule has 0 saturated carbocycles. The van der Waals surface area contributed by atoms with E-state index in [0.717, 1.165) is 4.90 Å². The largest absolute Gasteiger partial charge is 0.507 e. The van der Waals surface area contributed by atoms with Crippen molar-refractivity contribution < 1.29 is 32.3 Å². The third kappa shape index (κ3) is 4.55. The number of nitrogens with two attached hydrogens (primary N) is 1. The number of hydrogen-bond acceptors (Lipinski definition) is 7. The first-order chi connectivity index (χ1) is 16.5. The summed E-state index contributed by atoms with van der Waals surface area (Å²) >= 11 is 6.15. The summed E-state index contributed by atoms with van der Waals surface area (Å²) in [6.07, 6.45) is 0. The van der Waals surface area contributed by atoms with Gasteiger partial charge in [-0.05, 0) is 68.4 Å². The van der Waals surface area contributed by atoms with Crippen molar-refractivity contribution in [3.63, 3.8) is 0 Å². The van der Waals surface area contributed by atoms with E-state index >= 15 is 0 Å². The van der Waals surface area contributed by atoms with Gasteiger partial charge in [-0.1, -0.05) is 11.6 Å². The molecule has 4 rings (SSSR count). The third-order valence-electron chi connectivity index (χ3n) is 5.42. The summed E-state index contributed by atoms with van der Waals surface area (Å²) < 4.78 is 34.5. The quantitative estimate of drug-likeness (QED) is 0.287. The van der Waals surface area contributed by atoms with Crippen LogP contribution in [0.3, 0.4) is 0 Å². The molecule has 0 bridgehead atoms. The highest BCUT2D eigenvalue weighted by Crippen LogP contribution is 2.43. The van der Waals surface area contributed by atoms with Gasteiger partial charge in [-0.15, -0.1) is 0 Å². The fraction of sp³-hybridized carbons (Fsp3) is 0.167. The summed E-state index contributed by atoms with van der Waals surface area (Å²) in [4.78, 5) is 27.3.